The third-order valence-electron chi connectivity index (χ3n) is 2.83. The molecule has 1 amide bonds. The Morgan fingerprint density at radius 1 is 1.43 bits per heavy atom. The molecule has 21 heavy (non-hydrogen) atoms. The Kier molecular flexibility index (Phi) is 5.35. The molecule has 0 aliphatic heterocycles. The number of carbonyl (C=O) groups excluding carboxylic acids is 1. The summed E-state index contributed by atoms with van der Waals surface area (Å²) in [6, 6.07) is 5.15. The van der Waals surface area contributed by atoms with Crippen LogP contribution in [0.15, 0.2) is 35.1 Å². The summed E-state index contributed by atoms with van der Waals surface area (Å²) >= 11 is 3.36. The Balaban J connectivity index is 2.03. The predicted octanol–water partition coefficient (Wildman–Crippen LogP) is 2.55. The molecule has 0 atom stereocenters. The first kappa shape index (κ1) is 15.5. The van der Waals surface area contributed by atoms with Crippen LogP contribution in [-0.2, 0) is 11.3 Å². The first-order valence-corrected chi connectivity index (χ1v) is 7.09. The van der Waals surface area contributed by atoms with Crippen LogP contribution in [0.25, 0.3) is 0 Å². The molecule has 0 unspecified atom stereocenters. The highest BCUT2D eigenvalue weighted by atomic mass is 79.9. The largest absolute Gasteiger partial charge is 0.496 e. The molecule has 7 heteroatoms. The number of hydrogen-bond donors (Lipinski definition) is 1. The summed E-state index contributed by atoms with van der Waals surface area (Å²) in [6.45, 7) is 1.21. The summed E-state index contributed by atoms with van der Waals surface area (Å²) in [6.07, 6.45) is 3.36. The molecule has 0 aliphatic carbocycles. The number of amides is 1. The number of benzene rings is 1. The second kappa shape index (κ2) is 7.24. The summed E-state index contributed by atoms with van der Waals surface area (Å²) in [5.41, 5.74) is 1.18. The van der Waals surface area contributed by atoms with E-state index in [4.69, 9.17) is 9.47 Å². The van der Waals surface area contributed by atoms with E-state index in [0.717, 1.165) is 4.47 Å². The third kappa shape index (κ3) is 4.05. The van der Waals surface area contributed by atoms with Crippen LogP contribution in [0.1, 0.15) is 10.4 Å². The van der Waals surface area contributed by atoms with Crippen molar-refractivity contribution in [1.29, 1.82) is 0 Å². The SMILES string of the molecule is COCCn1cc(NC(=O)c2ccc(OC)c(Br)c2)cn1. The van der Waals surface area contributed by atoms with Crippen LogP contribution in [0.3, 0.4) is 0 Å². The van der Waals surface area contributed by atoms with Gasteiger partial charge in [-0.3, -0.25) is 9.48 Å². The van der Waals surface area contributed by atoms with Crippen molar-refractivity contribution >= 4 is 27.5 Å². The molecule has 1 aromatic heterocycles. The fourth-order valence-corrected chi connectivity index (χ4v) is 2.29. The van der Waals surface area contributed by atoms with Gasteiger partial charge in [-0.1, -0.05) is 0 Å². The van der Waals surface area contributed by atoms with E-state index in [1.165, 1.54) is 0 Å². The van der Waals surface area contributed by atoms with Crippen LogP contribution in [0.5, 0.6) is 5.75 Å². The van der Waals surface area contributed by atoms with Crippen molar-refractivity contribution < 1.29 is 14.3 Å². The predicted molar refractivity (Wildman–Crippen MR) is 82.8 cm³/mol. The number of ether oxygens (including phenoxy) is 2. The lowest BCUT2D eigenvalue weighted by atomic mass is 10.2. The summed E-state index contributed by atoms with van der Waals surface area (Å²) in [5, 5.41) is 6.93. The van der Waals surface area contributed by atoms with Gasteiger partial charge in [0.25, 0.3) is 5.91 Å². The van der Waals surface area contributed by atoms with E-state index >= 15 is 0 Å². The quantitative estimate of drug-likeness (QED) is 0.866. The van der Waals surface area contributed by atoms with Crippen molar-refractivity contribution in [3.63, 3.8) is 0 Å². The number of methoxy groups -OCH3 is 2. The molecule has 1 N–H and O–H groups in total. The van der Waals surface area contributed by atoms with Crippen molar-refractivity contribution in [3.8, 4) is 5.75 Å². The highest BCUT2D eigenvalue weighted by Gasteiger charge is 2.10. The Bertz CT molecular complexity index is 628. The smallest absolute Gasteiger partial charge is 0.255 e. The van der Waals surface area contributed by atoms with Crippen molar-refractivity contribution in [3.05, 3.63) is 40.6 Å². The van der Waals surface area contributed by atoms with Gasteiger partial charge >= 0.3 is 0 Å². The highest BCUT2D eigenvalue weighted by molar-refractivity contribution is 9.10. The Hall–Kier alpha value is -1.86. The lowest BCUT2D eigenvalue weighted by molar-refractivity contribution is 0.102. The Labute approximate surface area is 131 Å². The van der Waals surface area contributed by atoms with Gasteiger partial charge in [-0.25, -0.2) is 0 Å². The van der Waals surface area contributed by atoms with E-state index in [1.807, 2.05) is 0 Å². The van der Waals surface area contributed by atoms with Gasteiger partial charge in [0.15, 0.2) is 0 Å². The van der Waals surface area contributed by atoms with Crippen molar-refractivity contribution in [2.24, 2.45) is 0 Å². The zero-order valence-corrected chi connectivity index (χ0v) is 13.4. The minimum atomic E-state index is -0.204. The molecular weight excluding hydrogens is 338 g/mol. The van der Waals surface area contributed by atoms with Crippen molar-refractivity contribution in [2.45, 2.75) is 6.54 Å². The summed E-state index contributed by atoms with van der Waals surface area (Å²) in [7, 11) is 3.21. The van der Waals surface area contributed by atoms with Crippen molar-refractivity contribution in [1.82, 2.24) is 9.78 Å². The molecule has 2 rings (SSSR count). The fourth-order valence-electron chi connectivity index (χ4n) is 1.75. The number of hydrogen-bond acceptors (Lipinski definition) is 4. The molecule has 2 aromatic rings. The summed E-state index contributed by atoms with van der Waals surface area (Å²) in [4.78, 5) is 12.2. The standard InChI is InChI=1S/C14H16BrN3O3/c1-20-6-5-18-9-11(8-16-18)17-14(19)10-3-4-13(21-2)12(15)7-10/h3-4,7-9H,5-6H2,1-2H3,(H,17,19). The van der Waals surface area contributed by atoms with E-state index in [-0.39, 0.29) is 5.91 Å². The topological polar surface area (TPSA) is 65.4 Å². The molecule has 0 fully saturated rings. The van der Waals surface area contributed by atoms with Gasteiger partial charge in [0.05, 0.1) is 36.6 Å². The van der Waals surface area contributed by atoms with Gasteiger partial charge in [-0.05, 0) is 34.1 Å². The maximum atomic E-state index is 12.2. The number of aromatic nitrogens is 2. The van der Waals surface area contributed by atoms with Gasteiger partial charge in [0.2, 0.25) is 0 Å². The monoisotopic (exact) mass is 353 g/mol. The van der Waals surface area contributed by atoms with E-state index in [2.05, 4.69) is 26.3 Å². The van der Waals surface area contributed by atoms with Gasteiger partial charge in [-0.2, -0.15) is 5.10 Å². The average molecular weight is 354 g/mol. The lowest BCUT2D eigenvalue weighted by Crippen LogP contribution is -2.11. The molecule has 112 valence electrons. The second-order valence-electron chi connectivity index (χ2n) is 4.29. The zero-order valence-electron chi connectivity index (χ0n) is 11.8. The maximum absolute atomic E-state index is 12.2. The van der Waals surface area contributed by atoms with Crippen LogP contribution in [0.2, 0.25) is 0 Å². The van der Waals surface area contributed by atoms with E-state index in [1.54, 1.807) is 49.5 Å². The number of anilines is 1. The van der Waals surface area contributed by atoms with Crippen LogP contribution in [0.4, 0.5) is 5.69 Å². The lowest BCUT2D eigenvalue weighted by Gasteiger charge is -2.06. The van der Waals surface area contributed by atoms with Gasteiger partial charge in [-0.15, -0.1) is 0 Å². The number of carbonyl (C=O) groups is 1. The minimum absolute atomic E-state index is 0.204. The van der Waals surface area contributed by atoms with Crippen LogP contribution in [-0.4, -0.2) is 36.5 Å². The van der Waals surface area contributed by atoms with Gasteiger partial charge < -0.3 is 14.8 Å². The normalized spacial score (nSPS) is 10.4. The fraction of sp³-hybridized carbons (Fsp3) is 0.286. The van der Waals surface area contributed by atoms with Crippen molar-refractivity contribution in [2.75, 3.05) is 26.1 Å². The highest BCUT2D eigenvalue weighted by Crippen LogP contribution is 2.25. The number of halogens is 1. The molecule has 1 aromatic carbocycles. The van der Waals surface area contributed by atoms with E-state index < -0.39 is 0 Å². The molecular formula is C14H16BrN3O3. The number of rotatable bonds is 6. The minimum Gasteiger partial charge on any atom is -0.496 e. The number of nitrogens with one attached hydrogen (secondary N) is 1. The maximum Gasteiger partial charge on any atom is 0.255 e. The molecule has 0 radical (unpaired) electrons. The summed E-state index contributed by atoms with van der Waals surface area (Å²) < 4.78 is 12.6. The van der Waals surface area contributed by atoms with Gasteiger partial charge in [0, 0.05) is 18.9 Å². The first-order chi connectivity index (χ1) is 10.1. The van der Waals surface area contributed by atoms with Crippen LogP contribution < -0.4 is 10.1 Å². The van der Waals surface area contributed by atoms with Gasteiger partial charge in [0.1, 0.15) is 5.75 Å². The molecule has 1 heterocycles. The average Bonchev–Trinajstić information content (AvgIpc) is 2.92. The molecule has 0 saturated heterocycles. The first-order valence-electron chi connectivity index (χ1n) is 6.30. The molecule has 0 saturated carbocycles. The molecule has 0 spiro atoms. The van der Waals surface area contributed by atoms with E-state index in [0.29, 0.717) is 30.2 Å². The second-order valence-corrected chi connectivity index (χ2v) is 5.14. The van der Waals surface area contributed by atoms with E-state index in [9.17, 15) is 4.79 Å². The summed E-state index contributed by atoms with van der Waals surface area (Å²) in [5.74, 6) is 0.476. The Morgan fingerprint density at radius 3 is 2.90 bits per heavy atom. The molecule has 6 nitrogen and oxygen atoms in total. The van der Waals surface area contributed by atoms with Crippen LogP contribution in [0, 0.1) is 0 Å². The Morgan fingerprint density at radius 2 is 2.24 bits per heavy atom. The number of nitrogens with zero attached hydrogens (tertiary/aromatic N) is 2. The van der Waals surface area contributed by atoms with Crippen LogP contribution >= 0.6 is 15.9 Å². The molecule has 0 aliphatic rings. The molecule has 0 bridgehead atoms. The third-order valence-corrected chi connectivity index (χ3v) is 3.45. The zero-order chi connectivity index (χ0) is 15.2.